The van der Waals surface area contributed by atoms with Gasteiger partial charge in [0.05, 0.1) is 6.54 Å². The summed E-state index contributed by atoms with van der Waals surface area (Å²) in [5.74, 6) is -0.186. The standard InChI is InChI=1S/C14H16FNO4/c1-8(6-16-14(18)19)20-11-4-10-2-9(7-17)3-12(10)13(15)5-11/h4-5,7-9,16H,2-3,6H2,1H3,(H,18,19). The van der Waals surface area contributed by atoms with Crippen molar-refractivity contribution in [1.82, 2.24) is 5.32 Å². The molecule has 0 fully saturated rings. The van der Waals surface area contributed by atoms with Crippen LogP contribution in [0.1, 0.15) is 18.1 Å². The molecule has 2 atom stereocenters. The van der Waals surface area contributed by atoms with Crippen molar-refractivity contribution in [2.24, 2.45) is 5.92 Å². The van der Waals surface area contributed by atoms with Crippen LogP contribution in [0.5, 0.6) is 5.75 Å². The third-order valence-electron chi connectivity index (χ3n) is 3.28. The first-order valence-electron chi connectivity index (χ1n) is 6.39. The van der Waals surface area contributed by atoms with Gasteiger partial charge in [-0.05, 0) is 37.0 Å². The second-order valence-electron chi connectivity index (χ2n) is 4.96. The molecular formula is C14H16FNO4. The lowest BCUT2D eigenvalue weighted by molar-refractivity contribution is -0.110. The third-order valence-corrected chi connectivity index (χ3v) is 3.28. The van der Waals surface area contributed by atoms with Crippen LogP contribution in [0.2, 0.25) is 0 Å². The van der Waals surface area contributed by atoms with E-state index in [2.05, 4.69) is 5.32 Å². The summed E-state index contributed by atoms with van der Waals surface area (Å²) >= 11 is 0. The van der Waals surface area contributed by atoms with E-state index in [1.807, 2.05) is 0 Å². The minimum Gasteiger partial charge on any atom is -0.489 e. The number of carboxylic acid groups (broad SMARTS) is 1. The van der Waals surface area contributed by atoms with Crippen molar-refractivity contribution < 1.29 is 23.8 Å². The zero-order chi connectivity index (χ0) is 14.7. The zero-order valence-electron chi connectivity index (χ0n) is 11.1. The average molecular weight is 281 g/mol. The Labute approximate surface area is 115 Å². The maximum Gasteiger partial charge on any atom is 0.404 e. The van der Waals surface area contributed by atoms with Gasteiger partial charge in [0.1, 0.15) is 24.0 Å². The molecule has 0 heterocycles. The summed E-state index contributed by atoms with van der Waals surface area (Å²) in [5.41, 5.74) is 1.36. The van der Waals surface area contributed by atoms with Crippen LogP contribution in [0, 0.1) is 11.7 Å². The highest BCUT2D eigenvalue weighted by atomic mass is 19.1. The number of rotatable bonds is 5. The Morgan fingerprint density at radius 3 is 3.00 bits per heavy atom. The highest BCUT2D eigenvalue weighted by Gasteiger charge is 2.25. The summed E-state index contributed by atoms with van der Waals surface area (Å²) in [4.78, 5) is 21.2. The molecule has 2 N–H and O–H groups in total. The molecule has 1 aliphatic carbocycles. The lowest BCUT2D eigenvalue weighted by Crippen LogP contribution is -2.32. The smallest absolute Gasteiger partial charge is 0.404 e. The van der Waals surface area contributed by atoms with E-state index in [4.69, 9.17) is 9.84 Å². The predicted octanol–water partition coefficient (Wildman–Crippen LogP) is 1.77. The van der Waals surface area contributed by atoms with Crippen molar-refractivity contribution in [3.8, 4) is 5.75 Å². The van der Waals surface area contributed by atoms with E-state index in [0.717, 1.165) is 11.8 Å². The maximum atomic E-state index is 13.9. The summed E-state index contributed by atoms with van der Waals surface area (Å²) in [6.07, 6.45) is 0.260. The fraction of sp³-hybridized carbons (Fsp3) is 0.429. The van der Waals surface area contributed by atoms with Crippen molar-refractivity contribution in [3.05, 3.63) is 29.1 Å². The summed E-state index contributed by atoms with van der Waals surface area (Å²) in [6.45, 7) is 1.81. The molecule has 0 saturated carbocycles. The number of amides is 1. The van der Waals surface area contributed by atoms with Crippen molar-refractivity contribution in [2.45, 2.75) is 25.9 Å². The molecule has 20 heavy (non-hydrogen) atoms. The number of nitrogens with one attached hydrogen (secondary N) is 1. The number of halogens is 1. The van der Waals surface area contributed by atoms with Crippen molar-refractivity contribution in [3.63, 3.8) is 0 Å². The van der Waals surface area contributed by atoms with Gasteiger partial charge in [-0.25, -0.2) is 9.18 Å². The number of hydrogen-bond donors (Lipinski definition) is 2. The molecule has 2 rings (SSSR count). The summed E-state index contributed by atoms with van der Waals surface area (Å²) in [5, 5.41) is 10.7. The second kappa shape index (κ2) is 5.90. The van der Waals surface area contributed by atoms with Gasteiger partial charge >= 0.3 is 6.09 Å². The number of fused-ring (bicyclic) bond motifs is 1. The lowest BCUT2D eigenvalue weighted by Gasteiger charge is -2.15. The van der Waals surface area contributed by atoms with Crippen LogP contribution in [0.3, 0.4) is 0 Å². The van der Waals surface area contributed by atoms with Crippen LogP contribution >= 0.6 is 0 Å². The Morgan fingerprint density at radius 2 is 2.35 bits per heavy atom. The molecule has 0 bridgehead atoms. The first-order valence-corrected chi connectivity index (χ1v) is 6.39. The van der Waals surface area contributed by atoms with Gasteiger partial charge in [0.2, 0.25) is 0 Å². The number of carbonyl (C=O) groups is 2. The van der Waals surface area contributed by atoms with Gasteiger partial charge in [-0.15, -0.1) is 0 Å². The minimum absolute atomic E-state index is 0.116. The normalized spacial score (nSPS) is 18.2. The van der Waals surface area contributed by atoms with E-state index in [1.54, 1.807) is 13.0 Å². The Balaban J connectivity index is 2.06. The largest absolute Gasteiger partial charge is 0.489 e. The van der Waals surface area contributed by atoms with Crippen molar-refractivity contribution in [2.75, 3.05) is 6.54 Å². The van der Waals surface area contributed by atoms with Gasteiger partial charge in [-0.2, -0.15) is 0 Å². The van der Waals surface area contributed by atoms with Crippen LogP contribution in [-0.4, -0.2) is 30.1 Å². The van der Waals surface area contributed by atoms with Crippen LogP contribution in [0.4, 0.5) is 9.18 Å². The fourth-order valence-electron chi connectivity index (χ4n) is 2.36. The van der Waals surface area contributed by atoms with E-state index in [9.17, 15) is 14.0 Å². The zero-order valence-corrected chi connectivity index (χ0v) is 11.1. The fourth-order valence-corrected chi connectivity index (χ4v) is 2.36. The highest BCUT2D eigenvalue weighted by Crippen LogP contribution is 2.31. The van der Waals surface area contributed by atoms with Crippen LogP contribution in [-0.2, 0) is 17.6 Å². The lowest BCUT2D eigenvalue weighted by atomic mass is 10.1. The van der Waals surface area contributed by atoms with Crippen molar-refractivity contribution in [1.29, 1.82) is 0 Å². The Bertz CT molecular complexity index is 532. The van der Waals surface area contributed by atoms with Gasteiger partial charge in [0.15, 0.2) is 0 Å². The van der Waals surface area contributed by atoms with Crippen LogP contribution < -0.4 is 10.1 Å². The predicted molar refractivity (Wildman–Crippen MR) is 69.5 cm³/mol. The quantitative estimate of drug-likeness (QED) is 0.807. The first kappa shape index (κ1) is 14.3. The van der Waals surface area contributed by atoms with E-state index < -0.39 is 12.2 Å². The number of ether oxygens (including phenoxy) is 1. The third kappa shape index (κ3) is 3.26. The molecule has 1 amide bonds. The molecular weight excluding hydrogens is 265 g/mol. The Hall–Kier alpha value is -2.11. The van der Waals surface area contributed by atoms with Gasteiger partial charge in [-0.3, -0.25) is 0 Å². The molecule has 0 saturated heterocycles. The number of hydrogen-bond acceptors (Lipinski definition) is 3. The topological polar surface area (TPSA) is 75.6 Å². The molecule has 5 nitrogen and oxygen atoms in total. The van der Waals surface area contributed by atoms with Crippen molar-refractivity contribution >= 4 is 12.4 Å². The molecule has 1 aliphatic rings. The molecule has 1 aromatic rings. The highest BCUT2D eigenvalue weighted by molar-refractivity contribution is 5.64. The Kier molecular flexibility index (Phi) is 4.22. The van der Waals surface area contributed by atoms with Gasteiger partial charge in [0.25, 0.3) is 0 Å². The summed E-state index contributed by atoms with van der Waals surface area (Å²) in [7, 11) is 0. The van der Waals surface area contributed by atoms with E-state index >= 15 is 0 Å². The average Bonchev–Trinajstić information content (AvgIpc) is 2.80. The molecule has 0 spiro atoms. The Morgan fingerprint density at radius 1 is 1.60 bits per heavy atom. The second-order valence-corrected chi connectivity index (χ2v) is 4.96. The van der Waals surface area contributed by atoms with E-state index in [0.29, 0.717) is 24.2 Å². The summed E-state index contributed by atoms with van der Waals surface area (Å²) < 4.78 is 19.4. The van der Waals surface area contributed by atoms with E-state index in [-0.39, 0.29) is 18.3 Å². The molecule has 0 aromatic heterocycles. The molecule has 0 radical (unpaired) electrons. The minimum atomic E-state index is -1.13. The first-order chi connectivity index (χ1) is 9.49. The number of benzene rings is 1. The van der Waals surface area contributed by atoms with Gasteiger partial charge in [0, 0.05) is 12.0 Å². The van der Waals surface area contributed by atoms with Crippen LogP contribution in [0.25, 0.3) is 0 Å². The molecule has 2 unspecified atom stereocenters. The molecule has 108 valence electrons. The maximum absolute atomic E-state index is 13.9. The SMILES string of the molecule is CC(CNC(=O)O)Oc1cc(F)c2c(c1)CC(C=O)C2. The number of aldehydes is 1. The summed E-state index contributed by atoms with van der Waals surface area (Å²) in [6, 6.07) is 3.00. The molecule has 0 aliphatic heterocycles. The van der Waals surface area contributed by atoms with Gasteiger partial charge < -0.3 is 20.0 Å². The molecule has 6 heteroatoms. The van der Waals surface area contributed by atoms with Gasteiger partial charge in [-0.1, -0.05) is 0 Å². The van der Waals surface area contributed by atoms with E-state index in [1.165, 1.54) is 6.07 Å². The monoisotopic (exact) mass is 281 g/mol. The van der Waals surface area contributed by atoms with Crippen LogP contribution in [0.15, 0.2) is 12.1 Å². The molecule has 1 aromatic carbocycles. The number of carbonyl (C=O) groups excluding carboxylic acids is 1.